The molecule has 0 fully saturated rings. The van der Waals surface area contributed by atoms with E-state index in [0.717, 1.165) is 19.4 Å². The molecule has 1 aliphatic carbocycles. The van der Waals surface area contributed by atoms with Crippen LogP contribution in [0.5, 0.6) is 0 Å². The fraction of sp³-hybridized carbons (Fsp3) is 0.895. The minimum absolute atomic E-state index is 0.0693. The van der Waals surface area contributed by atoms with Crippen LogP contribution in [-0.2, 0) is 14.3 Å². The van der Waals surface area contributed by atoms with Gasteiger partial charge in [0, 0.05) is 0 Å². The van der Waals surface area contributed by atoms with Gasteiger partial charge in [-0.05, 0) is 32.2 Å². The van der Waals surface area contributed by atoms with Gasteiger partial charge in [-0.1, -0.05) is 199 Å². The van der Waals surface area contributed by atoms with Gasteiger partial charge in [0.2, 0.25) is 0 Å². The Balaban J connectivity index is 0.000000846. The molecule has 0 bridgehead atoms. The Morgan fingerprint density at radius 1 is 0.581 bits per heavy atom. The number of nitrogens with two attached hydrogens (primary N) is 1. The molecule has 0 radical (unpaired) electrons. The number of hydrogen-bond donors (Lipinski definition) is 1. The minimum Gasteiger partial charge on any atom is -0.330 e. The van der Waals surface area contributed by atoms with Crippen molar-refractivity contribution in [1.82, 2.24) is 0 Å². The first-order valence-corrected chi connectivity index (χ1v) is 20.2. The third-order valence-electron chi connectivity index (χ3n) is 9.17. The number of hydrogen-bond acceptors (Lipinski definition) is 4. The van der Waals surface area contributed by atoms with E-state index in [1.807, 2.05) is 19.1 Å². The first kappa shape index (κ1) is 42.3. The normalized spacial score (nSPS) is 18.1. The topological polar surface area (TPSA) is 69.4 Å². The summed E-state index contributed by atoms with van der Waals surface area (Å²) < 4.78 is 29.3. The van der Waals surface area contributed by atoms with Crippen molar-refractivity contribution in [3.8, 4) is 0 Å². The van der Waals surface area contributed by atoms with Gasteiger partial charge in [0.05, 0.1) is 6.61 Å². The fourth-order valence-corrected chi connectivity index (χ4v) is 7.08. The molecule has 4 nitrogen and oxygen atoms in total. The van der Waals surface area contributed by atoms with Crippen molar-refractivity contribution < 1.29 is 12.6 Å². The van der Waals surface area contributed by atoms with E-state index in [1.165, 1.54) is 154 Å². The molecule has 1 aliphatic rings. The van der Waals surface area contributed by atoms with Crippen LogP contribution < -0.4 is 5.73 Å². The van der Waals surface area contributed by atoms with E-state index in [-0.39, 0.29) is 5.92 Å². The Kier molecular flexibility index (Phi) is 29.6. The number of unbranched alkanes of at least 4 members (excludes halogenated alkanes) is 24. The second kappa shape index (κ2) is 30.0. The van der Waals surface area contributed by atoms with E-state index < -0.39 is 14.9 Å². The molecular weight excluding hydrogens is 550 g/mol. The third-order valence-corrected chi connectivity index (χ3v) is 11.2. The Hall–Kier alpha value is -0.650. The van der Waals surface area contributed by atoms with Gasteiger partial charge in [-0.2, -0.15) is 8.42 Å². The molecule has 0 aromatic carbocycles. The van der Waals surface area contributed by atoms with Crippen LogP contribution in [0.2, 0.25) is 0 Å². The van der Waals surface area contributed by atoms with Gasteiger partial charge in [0.1, 0.15) is 4.75 Å². The second-order valence-corrected chi connectivity index (χ2v) is 15.3. The van der Waals surface area contributed by atoms with Crippen LogP contribution in [0.15, 0.2) is 24.3 Å². The molecule has 43 heavy (non-hydrogen) atoms. The van der Waals surface area contributed by atoms with Crippen molar-refractivity contribution in [2.45, 2.75) is 199 Å². The quantitative estimate of drug-likeness (QED) is 0.0663. The monoisotopic (exact) mass is 626 g/mol. The molecule has 0 heterocycles. The van der Waals surface area contributed by atoms with Crippen molar-refractivity contribution in [3.63, 3.8) is 0 Å². The van der Waals surface area contributed by atoms with Crippen molar-refractivity contribution >= 4 is 10.1 Å². The van der Waals surface area contributed by atoms with Crippen molar-refractivity contribution in [2.75, 3.05) is 13.2 Å². The molecule has 0 aromatic heterocycles. The Morgan fingerprint density at radius 2 is 0.930 bits per heavy atom. The highest BCUT2D eigenvalue weighted by molar-refractivity contribution is 7.88. The van der Waals surface area contributed by atoms with Crippen LogP contribution in [0, 0.1) is 5.92 Å². The fourth-order valence-electron chi connectivity index (χ4n) is 5.71. The summed E-state index contributed by atoms with van der Waals surface area (Å²) in [4.78, 5) is 0. The van der Waals surface area contributed by atoms with E-state index in [1.54, 1.807) is 19.1 Å². The van der Waals surface area contributed by atoms with Crippen LogP contribution >= 0.6 is 0 Å². The summed E-state index contributed by atoms with van der Waals surface area (Å²) in [7, 11) is -3.58. The van der Waals surface area contributed by atoms with Crippen molar-refractivity contribution in [3.05, 3.63) is 24.3 Å². The first-order chi connectivity index (χ1) is 20.9. The van der Waals surface area contributed by atoms with Gasteiger partial charge in [-0.25, -0.2) is 0 Å². The third kappa shape index (κ3) is 23.4. The molecule has 0 spiro atoms. The zero-order valence-corrected chi connectivity index (χ0v) is 30.2. The van der Waals surface area contributed by atoms with Crippen LogP contribution in [0.3, 0.4) is 0 Å². The zero-order valence-electron chi connectivity index (χ0n) is 29.4. The summed E-state index contributed by atoms with van der Waals surface area (Å²) in [5.41, 5.74) is 5.48. The highest BCUT2D eigenvalue weighted by Crippen LogP contribution is 2.33. The SMILES string of the molecule is CCCCCCCCCCCCCCCCCCN.CCCCCCCCCCCCOS(=O)(=O)C1(C)C=CC=CC1C. The molecule has 2 N–H and O–H groups in total. The maximum absolute atomic E-state index is 12.5. The molecular formula is C38H75NO3S. The maximum Gasteiger partial charge on any atom is 0.277 e. The lowest BCUT2D eigenvalue weighted by Gasteiger charge is -2.31. The van der Waals surface area contributed by atoms with Gasteiger partial charge in [-0.3, -0.25) is 4.18 Å². The zero-order chi connectivity index (χ0) is 31.9. The van der Waals surface area contributed by atoms with E-state index in [4.69, 9.17) is 9.92 Å². The lowest BCUT2D eigenvalue weighted by Crippen LogP contribution is -2.41. The average Bonchev–Trinajstić information content (AvgIpc) is 2.99. The molecule has 256 valence electrons. The molecule has 1 rings (SSSR count). The number of allylic oxidation sites excluding steroid dienone is 3. The van der Waals surface area contributed by atoms with Crippen LogP contribution in [0.4, 0.5) is 0 Å². The predicted octanol–water partition coefficient (Wildman–Crippen LogP) is 12.0. The summed E-state index contributed by atoms with van der Waals surface area (Å²) in [6.45, 7) is 9.37. The van der Waals surface area contributed by atoms with Crippen LogP contribution in [-0.4, -0.2) is 26.3 Å². The summed E-state index contributed by atoms with van der Waals surface area (Å²) in [6.07, 6.45) is 42.5. The van der Waals surface area contributed by atoms with E-state index >= 15 is 0 Å². The molecule has 2 unspecified atom stereocenters. The van der Waals surface area contributed by atoms with Crippen molar-refractivity contribution in [1.29, 1.82) is 0 Å². The molecule has 5 heteroatoms. The molecule has 0 saturated heterocycles. The van der Waals surface area contributed by atoms with Gasteiger partial charge in [-0.15, -0.1) is 0 Å². The molecule has 0 amide bonds. The van der Waals surface area contributed by atoms with E-state index in [9.17, 15) is 8.42 Å². The number of rotatable bonds is 29. The standard InChI is InChI=1S/C20H36O3S.C18H39N/c1-4-5-6-7-8-9-10-11-12-15-18-23-24(21,22)20(3)17-14-13-16-19(20)2;1-2-3-4-5-6-7-8-9-10-11-12-13-14-15-16-17-18-19/h13-14,16-17,19H,4-12,15,18H2,1-3H3;2-19H2,1H3. The summed E-state index contributed by atoms with van der Waals surface area (Å²) >= 11 is 0. The predicted molar refractivity (Wildman–Crippen MR) is 191 cm³/mol. The first-order valence-electron chi connectivity index (χ1n) is 18.8. The van der Waals surface area contributed by atoms with Gasteiger partial charge in [0.15, 0.2) is 0 Å². The second-order valence-electron chi connectivity index (χ2n) is 13.3. The summed E-state index contributed by atoms with van der Waals surface area (Å²) in [6, 6.07) is 0. The molecule has 2 atom stereocenters. The molecule has 0 aliphatic heterocycles. The van der Waals surface area contributed by atoms with Crippen LogP contribution in [0.1, 0.15) is 195 Å². The highest BCUT2D eigenvalue weighted by atomic mass is 32.2. The summed E-state index contributed by atoms with van der Waals surface area (Å²) in [5.74, 6) is -0.0693. The lowest BCUT2D eigenvalue weighted by molar-refractivity contribution is 0.288. The minimum atomic E-state index is -3.58. The maximum atomic E-state index is 12.5. The van der Waals surface area contributed by atoms with Gasteiger partial charge >= 0.3 is 0 Å². The Morgan fingerprint density at radius 3 is 1.28 bits per heavy atom. The van der Waals surface area contributed by atoms with Gasteiger partial charge < -0.3 is 5.73 Å². The Bertz CT molecular complexity index is 732. The molecule has 0 saturated carbocycles. The van der Waals surface area contributed by atoms with Crippen LogP contribution in [0.25, 0.3) is 0 Å². The Labute approximate surface area is 270 Å². The van der Waals surface area contributed by atoms with Gasteiger partial charge in [0.25, 0.3) is 10.1 Å². The molecule has 0 aromatic rings. The highest BCUT2D eigenvalue weighted by Gasteiger charge is 2.42. The largest absolute Gasteiger partial charge is 0.330 e. The smallest absolute Gasteiger partial charge is 0.277 e. The van der Waals surface area contributed by atoms with E-state index in [0.29, 0.717) is 6.61 Å². The average molecular weight is 626 g/mol. The lowest BCUT2D eigenvalue weighted by atomic mass is 9.91. The van der Waals surface area contributed by atoms with Crippen molar-refractivity contribution in [2.24, 2.45) is 11.7 Å². The van der Waals surface area contributed by atoms with E-state index in [2.05, 4.69) is 13.8 Å². The summed E-state index contributed by atoms with van der Waals surface area (Å²) in [5, 5.41) is 0.